The molecule has 0 aromatic heterocycles. The van der Waals surface area contributed by atoms with Gasteiger partial charge in [0.25, 0.3) is 0 Å². The van der Waals surface area contributed by atoms with Gasteiger partial charge >= 0.3 is 7.82 Å². The SMILES string of the molecule is CCCCCCCCCCC/C=C/C(O)C(COP(=O)(O)OCC[N+](C)(C)C)NC(=O)CCCCCCCCCCCCC/C=C\CCCCCCCCCCCCCC. The largest absolute Gasteiger partial charge is 0.472 e. The van der Waals surface area contributed by atoms with Crippen LogP contribution in [-0.4, -0.2) is 73.4 Å². The number of likely N-dealkylation sites (N-methyl/N-ethyl adjacent to an activating group) is 1. The molecule has 9 heteroatoms. The third-order valence-corrected chi connectivity index (χ3v) is 12.6. The number of unbranched alkanes of at least 4 members (excludes halogenated alkanes) is 32. The first kappa shape index (κ1) is 59.0. The number of carbonyl (C=O) groups excluding carboxylic acids is 1. The van der Waals surface area contributed by atoms with E-state index < -0.39 is 20.0 Å². The zero-order valence-electron chi connectivity index (χ0n) is 40.5. The first-order valence-electron chi connectivity index (χ1n) is 25.7. The highest BCUT2D eigenvalue weighted by Crippen LogP contribution is 2.43. The summed E-state index contributed by atoms with van der Waals surface area (Å²) in [5.41, 5.74) is 0. The maximum Gasteiger partial charge on any atom is 0.472 e. The molecule has 356 valence electrons. The van der Waals surface area contributed by atoms with Gasteiger partial charge in [-0.25, -0.2) is 4.57 Å². The van der Waals surface area contributed by atoms with Crippen LogP contribution in [0.5, 0.6) is 0 Å². The number of allylic oxidation sites excluding steroid dienone is 3. The monoisotopic (exact) mass is 870 g/mol. The number of hydrogen-bond donors (Lipinski definition) is 3. The number of carbonyl (C=O) groups is 1. The highest BCUT2D eigenvalue weighted by molar-refractivity contribution is 7.47. The van der Waals surface area contributed by atoms with Crippen LogP contribution < -0.4 is 5.32 Å². The Morgan fingerprint density at radius 2 is 0.900 bits per heavy atom. The molecule has 0 spiro atoms. The van der Waals surface area contributed by atoms with Crippen molar-refractivity contribution in [2.75, 3.05) is 40.9 Å². The summed E-state index contributed by atoms with van der Waals surface area (Å²) in [6.45, 7) is 4.82. The predicted octanol–water partition coefficient (Wildman–Crippen LogP) is 14.9. The Bertz CT molecular complexity index is 1030. The second kappa shape index (κ2) is 43.2. The molecule has 0 fully saturated rings. The minimum atomic E-state index is -4.33. The molecule has 3 atom stereocenters. The fourth-order valence-corrected chi connectivity index (χ4v) is 8.30. The fraction of sp³-hybridized carbons (Fsp3) is 0.902. The average Bonchev–Trinajstić information content (AvgIpc) is 3.20. The van der Waals surface area contributed by atoms with Crippen LogP contribution in [0.25, 0.3) is 0 Å². The van der Waals surface area contributed by atoms with Crippen LogP contribution >= 0.6 is 7.82 Å². The van der Waals surface area contributed by atoms with E-state index in [1.807, 2.05) is 27.2 Å². The van der Waals surface area contributed by atoms with Gasteiger partial charge in [0, 0.05) is 6.42 Å². The van der Waals surface area contributed by atoms with Crippen LogP contribution in [0.1, 0.15) is 245 Å². The molecule has 0 saturated carbocycles. The number of rotatable bonds is 47. The molecular weight excluding hydrogens is 768 g/mol. The van der Waals surface area contributed by atoms with Crippen molar-refractivity contribution in [3.63, 3.8) is 0 Å². The van der Waals surface area contributed by atoms with Gasteiger partial charge in [-0.05, 0) is 44.9 Å². The lowest BCUT2D eigenvalue weighted by Gasteiger charge is -2.25. The van der Waals surface area contributed by atoms with Gasteiger partial charge < -0.3 is 19.8 Å². The Kier molecular flexibility index (Phi) is 42.5. The maximum absolute atomic E-state index is 12.9. The topological polar surface area (TPSA) is 105 Å². The standard InChI is InChI=1S/C51H101N2O6P/c1-6-8-10-12-14-16-18-19-20-21-22-23-24-25-26-27-28-29-30-31-32-33-35-37-39-41-43-45-51(55)52-49(48-59-60(56,57)58-47-46-53(3,4)5)50(54)44-42-40-38-36-34-17-15-13-11-9-7-2/h25-26,42,44,49-50,54H,6-24,27-41,43,45-48H2,1-5H3,(H-,52,55,56,57)/p+1/b26-25-,44-42+. The number of nitrogens with one attached hydrogen (secondary N) is 1. The van der Waals surface area contributed by atoms with Crippen molar-refractivity contribution in [2.24, 2.45) is 0 Å². The molecule has 0 heterocycles. The zero-order chi connectivity index (χ0) is 44.3. The van der Waals surface area contributed by atoms with E-state index in [0.29, 0.717) is 17.4 Å². The first-order valence-corrected chi connectivity index (χ1v) is 27.2. The zero-order valence-corrected chi connectivity index (χ0v) is 41.4. The number of phosphoric acid groups is 1. The van der Waals surface area contributed by atoms with Gasteiger partial charge in [-0.1, -0.05) is 218 Å². The van der Waals surface area contributed by atoms with E-state index in [9.17, 15) is 19.4 Å². The van der Waals surface area contributed by atoms with E-state index in [1.165, 1.54) is 186 Å². The van der Waals surface area contributed by atoms with Crippen molar-refractivity contribution < 1.29 is 32.9 Å². The third kappa shape index (κ3) is 45.0. The van der Waals surface area contributed by atoms with Gasteiger partial charge in [0.05, 0.1) is 39.9 Å². The number of hydrogen-bond acceptors (Lipinski definition) is 5. The second-order valence-electron chi connectivity index (χ2n) is 18.9. The number of quaternary nitrogens is 1. The number of aliphatic hydroxyl groups is 1. The molecular formula is C51H102N2O6P+. The maximum atomic E-state index is 12.9. The minimum Gasteiger partial charge on any atom is -0.387 e. The first-order chi connectivity index (χ1) is 29.0. The summed E-state index contributed by atoms with van der Waals surface area (Å²) in [5, 5.41) is 13.8. The second-order valence-corrected chi connectivity index (χ2v) is 20.4. The van der Waals surface area contributed by atoms with Crippen LogP contribution in [0.4, 0.5) is 0 Å². The lowest BCUT2D eigenvalue weighted by molar-refractivity contribution is -0.870. The molecule has 0 aliphatic rings. The van der Waals surface area contributed by atoms with Crippen LogP contribution in [0.15, 0.2) is 24.3 Å². The summed E-state index contributed by atoms with van der Waals surface area (Å²) >= 11 is 0. The highest BCUT2D eigenvalue weighted by atomic mass is 31.2. The minimum absolute atomic E-state index is 0.0626. The van der Waals surface area contributed by atoms with Crippen molar-refractivity contribution in [1.29, 1.82) is 0 Å². The van der Waals surface area contributed by atoms with E-state index in [0.717, 1.165) is 38.5 Å². The van der Waals surface area contributed by atoms with Gasteiger partial charge in [-0.3, -0.25) is 13.8 Å². The number of nitrogens with zero attached hydrogens (tertiary/aromatic N) is 1. The van der Waals surface area contributed by atoms with Crippen molar-refractivity contribution >= 4 is 13.7 Å². The summed E-state index contributed by atoms with van der Waals surface area (Å²) in [6, 6.07) is -0.843. The lowest BCUT2D eigenvalue weighted by Crippen LogP contribution is -2.45. The van der Waals surface area contributed by atoms with Crippen LogP contribution in [0.3, 0.4) is 0 Å². The molecule has 8 nitrogen and oxygen atoms in total. The normalized spacial score (nSPS) is 14.3. The molecule has 3 N–H and O–H groups in total. The number of amides is 1. The molecule has 0 aliphatic heterocycles. The van der Waals surface area contributed by atoms with Gasteiger partial charge in [0.2, 0.25) is 5.91 Å². The van der Waals surface area contributed by atoms with E-state index in [4.69, 9.17) is 9.05 Å². The Labute approximate surface area is 373 Å². The molecule has 0 saturated heterocycles. The summed E-state index contributed by atoms with van der Waals surface area (Å²) in [6.07, 6.45) is 52.7. The van der Waals surface area contributed by atoms with Crippen LogP contribution in [0, 0.1) is 0 Å². The summed E-state index contributed by atoms with van der Waals surface area (Å²) < 4.78 is 23.6. The molecule has 0 bridgehead atoms. The summed E-state index contributed by atoms with van der Waals surface area (Å²) in [5.74, 6) is -0.177. The molecule has 0 aliphatic carbocycles. The van der Waals surface area contributed by atoms with Crippen molar-refractivity contribution in [2.45, 2.75) is 257 Å². The van der Waals surface area contributed by atoms with E-state index >= 15 is 0 Å². The molecule has 3 unspecified atom stereocenters. The Morgan fingerprint density at radius 3 is 1.28 bits per heavy atom. The van der Waals surface area contributed by atoms with E-state index in [1.54, 1.807) is 6.08 Å². The molecule has 0 aromatic carbocycles. The van der Waals surface area contributed by atoms with Gasteiger partial charge in [-0.2, -0.15) is 0 Å². The fourth-order valence-electron chi connectivity index (χ4n) is 7.57. The summed E-state index contributed by atoms with van der Waals surface area (Å²) in [7, 11) is 1.58. The smallest absolute Gasteiger partial charge is 0.387 e. The van der Waals surface area contributed by atoms with Crippen LogP contribution in [0.2, 0.25) is 0 Å². The molecule has 0 radical (unpaired) electrons. The van der Waals surface area contributed by atoms with Crippen molar-refractivity contribution in [3.8, 4) is 0 Å². The van der Waals surface area contributed by atoms with Crippen molar-refractivity contribution in [1.82, 2.24) is 5.32 Å². The average molecular weight is 870 g/mol. The molecule has 0 aromatic rings. The Hall–Kier alpha value is -1.02. The quantitative estimate of drug-likeness (QED) is 0.0243. The number of aliphatic hydroxyl groups excluding tert-OH is 1. The Balaban J connectivity index is 4.11. The highest BCUT2D eigenvalue weighted by Gasteiger charge is 2.27. The van der Waals surface area contributed by atoms with Crippen LogP contribution in [-0.2, 0) is 18.4 Å². The van der Waals surface area contributed by atoms with Gasteiger partial charge in [0.15, 0.2) is 0 Å². The molecule has 60 heavy (non-hydrogen) atoms. The number of phosphoric ester groups is 1. The van der Waals surface area contributed by atoms with Crippen molar-refractivity contribution in [3.05, 3.63) is 24.3 Å². The Morgan fingerprint density at radius 1 is 0.550 bits per heavy atom. The van der Waals surface area contributed by atoms with Gasteiger partial charge in [-0.15, -0.1) is 0 Å². The predicted molar refractivity (Wildman–Crippen MR) is 258 cm³/mol. The van der Waals surface area contributed by atoms with Gasteiger partial charge in [0.1, 0.15) is 13.2 Å². The van der Waals surface area contributed by atoms with E-state index in [2.05, 4.69) is 31.3 Å². The molecule has 0 rings (SSSR count). The third-order valence-electron chi connectivity index (χ3n) is 11.7. The van der Waals surface area contributed by atoms with E-state index in [-0.39, 0.29) is 19.1 Å². The molecule has 1 amide bonds. The summed E-state index contributed by atoms with van der Waals surface area (Å²) in [4.78, 5) is 23.2. The lowest BCUT2D eigenvalue weighted by atomic mass is 10.0.